The van der Waals surface area contributed by atoms with Crippen LogP contribution in [-0.4, -0.2) is 21.4 Å². The number of hydrogen-bond acceptors (Lipinski definition) is 4. The summed E-state index contributed by atoms with van der Waals surface area (Å²) in [6.45, 7) is 5.96. The van der Waals surface area contributed by atoms with E-state index in [4.69, 9.17) is 16.3 Å². The molecule has 0 heterocycles. The predicted octanol–water partition coefficient (Wildman–Crippen LogP) is 5.98. The number of anilines is 1. The van der Waals surface area contributed by atoms with E-state index in [1.54, 1.807) is 32.2 Å². The molecule has 3 rings (SSSR count). The number of amides is 1. The molecule has 0 aliphatic carbocycles. The first kappa shape index (κ1) is 25.6. The third-order valence-electron chi connectivity index (χ3n) is 5.40. The van der Waals surface area contributed by atoms with Gasteiger partial charge in [0, 0.05) is 5.56 Å². The highest BCUT2D eigenvalue weighted by Gasteiger charge is 2.23. The molecular formula is C26H29ClN2O4S. The van der Waals surface area contributed by atoms with Crippen LogP contribution in [0.25, 0.3) is 0 Å². The fraction of sp³-hybridized carbons (Fsp3) is 0.269. The molecule has 34 heavy (non-hydrogen) atoms. The van der Waals surface area contributed by atoms with Gasteiger partial charge in [-0.25, -0.2) is 8.42 Å². The number of benzene rings is 3. The number of halogens is 1. The number of carbonyl (C=O) groups is 1. The molecule has 3 aromatic carbocycles. The first-order chi connectivity index (χ1) is 16.1. The molecule has 6 nitrogen and oxygen atoms in total. The zero-order chi connectivity index (χ0) is 24.9. The van der Waals surface area contributed by atoms with Crippen LogP contribution in [0.3, 0.4) is 0 Å². The van der Waals surface area contributed by atoms with Crippen LogP contribution < -0.4 is 14.8 Å². The molecule has 1 amide bonds. The van der Waals surface area contributed by atoms with Crippen molar-refractivity contribution in [1.29, 1.82) is 0 Å². The number of methoxy groups -OCH3 is 1. The standard InChI is InChI=1S/C26H29ClN2O4S/c1-17(2)15-24(19-9-12-21(33-4)13-10-19)28-26(30)20-11-14-22(27)25(16-20)34(31,32)29-23-8-6-5-7-18(23)3/h5-14,16-17,24,29H,15H2,1-4H3,(H,28,30)/t24-/m1/s1. The lowest BCUT2D eigenvalue weighted by Gasteiger charge is -2.22. The maximum atomic E-state index is 13.1. The molecule has 0 radical (unpaired) electrons. The summed E-state index contributed by atoms with van der Waals surface area (Å²) < 4.78 is 33.9. The van der Waals surface area contributed by atoms with Crippen molar-refractivity contribution in [2.45, 2.75) is 38.1 Å². The Morgan fingerprint density at radius 3 is 2.32 bits per heavy atom. The number of sulfonamides is 1. The minimum Gasteiger partial charge on any atom is -0.497 e. The van der Waals surface area contributed by atoms with Gasteiger partial charge in [-0.3, -0.25) is 9.52 Å². The predicted molar refractivity (Wildman–Crippen MR) is 136 cm³/mol. The first-order valence-corrected chi connectivity index (χ1v) is 12.8. The van der Waals surface area contributed by atoms with Crippen molar-refractivity contribution in [3.63, 3.8) is 0 Å². The molecule has 0 spiro atoms. The van der Waals surface area contributed by atoms with Gasteiger partial charge in [0.1, 0.15) is 10.6 Å². The Hall–Kier alpha value is -3.03. The second-order valence-corrected chi connectivity index (χ2v) is 10.6. The Labute approximate surface area is 206 Å². The minimum atomic E-state index is -4.01. The third-order valence-corrected chi connectivity index (χ3v) is 7.25. The third kappa shape index (κ3) is 6.30. The maximum Gasteiger partial charge on any atom is 0.263 e. The quantitative estimate of drug-likeness (QED) is 0.378. The van der Waals surface area contributed by atoms with Gasteiger partial charge in [0.15, 0.2) is 0 Å². The minimum absolute atomic E-state index is 0.0338. The molecule has 3 aromatic rings. The van der Waals surface area contributed by atoms with Crippen molar-refractivity contribution in [1.82, 2.24) is 5.32 Å². The second kappa shape index (κ2) is 10.9. The molecule has 0 aliphatic heterocycles. The highest BCUT2D eigenvalue weighted by atomic mass is 35.5. The summed E-state index contributed by atoms with van der Waals surface area (Å²) in [6, 6.07) is 18.5. The van der Waals surface area contributed by atoms with E-state index in [1.807, 2.05) is 30.3 Å². The largest absolute Gasteiger partial charge is 0.497 e. The number of nitrogens with one attached hydrogen (secondary N) is 2. The molecule has 0 fully saturated rings. The number of ether oxygens (including phenoxy) is 1. The highest BCUT2D eigenvalue weighted by molar-refractivity contribution is 7.92. The number of para-hydroxylation sites is 1. The van der Waals surface area contributed by atoms with Crippen LogP contribution in [0.4, 0.5) is 5.69 Å². The summed E-state index contributed by atoms with van der Waals surface area (Å²) >= 11 is 6.23. The molecule has 0 aromatic heterocycles. The van der Waals surface area contributed by atoms with Gasteiger partial charge in [-0.1, -0.05) is 55.8 Å². The van der Waals surface area contributed by atoms with Crippen LogP contribution in [-0.2, 0) is 10.0 Å². The Morgan fingerprint density at radius 2 is 1.71 bits per heavy atom. The van der Waals surface area contributed by atoms with Crippen molar-refractivity contribution in [2.75, 3.05) is 11.8 Å². The van der Waals surface area contributed by atoms with Crippen molar-refractivity contribution >= 4 is 33.2 Å². The summed E-state index contributed by atoms with van der Waals surface area (Å²) in [4.78, 5) is 13.0. The smallest absolute Gasteiger partial charge is 0.263 e. The van der Waals surface area contributed by atoms with E-state index < -0.39 is 10.0 Å². The van der Waals surface area contributed by atoms with Gasteiger partial charge in [-0.2, -0.15) is 0 Å². The monoisotopic (exact) mass is 500 g/mol. The Balaban J connectivity index is 1.88. The molecule has 0 unspecified atom stereocenters. The number of aryl methyl sites for hydroxylation is 1. The molecule has 2 N–H and O–H groups in total. The summed E-state index contributed by atoms with van der Waals surface area (Å²) in [5.41, 5.74) is 2.36. The first-order valence-electron chi connectivity index (χ1n) is 10.9. The van der Waals surface area contributed by atoms with E-state index in [0.717, 1.165) is 16.9 Å². The fourth-order valence-electron chi connectivity index (χ4n) is 3.57. The van der Waals surface area contributed by atoms with E-state index in [0.29, 0.717) is 18.0 Å². The Morgan fingerprint density at radius 1 is 1.03 bits per heavy atom. The van der Waals surface area contributed by atoms with Crippen LogP contribution in [0.15, 0.2) is 71.6 Å². The Bertz CT molecular complexity index is 1260. The summed E-state index contributed by atoms with van der Waals surface area (Å²) in [5.74, 6) is 0.671. The van der Waals surface area contributed by atoms with E-state index in [-0.39, 0.29) is 27.4 Å². The topological polar surface area (TPSA) is 84.5 Å². The zero-order valence-corrected chi connectivity index (χ0v) is 21.2. The lowest BCUT2D eigenvalue weighted by Crippen LogP contribution is -2.29. The van der Waals surface area contributed by atoms with Gasteiger partial charge >= 0.3 is 0 Å². The number of carbonyl (C=O) groups excluding carboxylic acids is 1. The second-order valence-electron chi connectivity index (χ2n) is 8.49. The van der Waals surface area contributed by atoms with Crippen LogP contribution in [0.1, 0.15) is 47.8 Å². The molecule has 0 saturated carbocycles. The normalized spacial score (nSPS) is 12.3. The molecular weight excluding hydrogens is 472 g/mol. The average Bonchev–Trinajstić information content (AvgIpc) is 2.80. The Kier molecular flexibility index (Phi) is 8.23. The van der Waals surface area contributed by atoms with Gasteiger partial charge in [-0.05, 0) is 66.8 Å². The maximum absolute atomic E-state index is 13.1. The van der Waals surface area contributed by atoms with Crippen molar-refractivity contribution in [3.05, 3.63) is 88.4 Å². The molecule has 0 bridgehead atoms. The van der Waals surface area contributed by atoms with Crippen LogP contribution >= 0.6 is 11.6 Å². The van der Waals surface area contributed by atoms with E-state index in [1.165, 1.54) is 18.2 Å². The SMILES string of the molecule is COc1ccc([C@@H](CC(C)C)NC(=O)c2ccc(Cl)c(S(=O)(=O)Nc3ccccc3C)c2)cc1. The van der Waals surface area contributed by atoms with Crippen molar-refractivity contribution in [2.24, 2.45) is 5.92 Å². The van der Waals surface area contributed by atoms with E-state index >= 15 is 0 Å². The molecule has 180 valence electrons. The molecule has 1 atom stereocenters. The summed E-state index contributed by atoms with van der Waals surface area (Å²) in [7, 11) is -2.41. The summed E-state index contributed by atoms with van der Waals surface area (Å²) in [5, 5.41) is 3.07. The number of hydrogen-bond donors (Lipinski definition) is 2. The van der Waals surface area contributed by atoms with E-state index in [9.17, 15) is 13.2 Å². The van der Waals surface area contributed by atoms with Crippen LogP contribution in [0, 0.1) is 12.8 Å². The van der Waals surface area contributed by atoms with Crippen molar-refractivity contribution < 1.29 is 17.9 Å². The average molecular weight is 501 g/mol. The molecule has 0 aliphatic rings. The van der Waals surface area contributed by atoms with Crippen LogP contribution in [0.2, 0.25) is 5.02 Å². The van der Waals surface area contributed by atoms with Gasteiger partial charge in [0.2, 0.25) is 0 Å². The van der Waals surface area contributed by atoms with Gasteiger partial charge < -0.3 is 10.1 Å². The molecule has 8 heteroatoms. The lowest BCUT2D eigenvalue weighted by molar-refractivity contribution is 0.0931. The van der Waals surface area contributed by atoms with E-state index in [2.05, 4.69) is 23.9 Å². The van der Waals surface area contributed by atoms with Gasteiger partial charge in [-0.15, -0.1) is 0 Å². The zero-order valence-electron chi connectivity index (χ0n) is 19.6. The summed E-state index contributed by atoms with van der Waals surface area (Å²) in [6.07, 6.45) is 0.714. The van der Waals surface area contributed by atoms with Crippen molar-refractivity contribution in [3.8, 4) is 5.75 Å². The molecule has 0 saturated heterocycles. The van der Waals surface area contributed by atoms with Gasteiger partial charge in [0.25, 0.3) is 15.9 Å². The lowest BCUT2D eigenvalue weighted by atomic mass is 9.96. The highest BCUT2D eigenvalue weighted by Crippen LogP contribution is 2.28. The fourth-order valence-corrected chi connectivity index (χ4v) is 5.22. The number of rotatable bonds is 9. The van der Waals surface area contributed by atoms with Gasteiger partial charge in [0.05, 0.1) is 23.9 Å². The van der Waals surface area contributed by atoms with Crippen LogP contribution in [0.5, 0.6) is 5.75 Å².